The molecule has 0 saturated heterocycles. The predicted octanol–water partition coefficient (Wildman–Crippen LogP) is 6.36. The molecule has 0 aromatic heterocycles. The molecule has 2 amide bonds. The van der Waals surface area contributed by atoms with Crippen LogP contribution in [-0.2, 0) is 26.2 Å². The van der Waals surface area contributed by atoms with Crippen molar-refractivity contribution in [3.05, 3.63) is 93.7 Å². The Kier molecular flexibility index (Phi) is 11.2. The van der Waals surface area contributed by atoms with Crippen molar-refractivity contribution < 1.29 is 22.4 Å². The van der Waals surface area contributed by atoms with E-state index in [0.717, 1.165) is 9.87 Å². The van der Waals surface area contributed by atoms with Crippen LogP contribution in [0.2, 0.25) is 10.0 Å². The molecular formula is C30H34Cl2FN3O4S. The molecule has 0 fully saturated rings. The number of benzene rings is 3. The first-order chi connectivity index (χ1) is 19.4. The van der Waals surface area contributed by atoms with E-state index in [4.69, 9.17) is 23.2 Å². The second kappa shape index (κ2) is 14.2. The van der Waals surface area contributed by atoms with Crippen molar-refractivity contribution in [1.29, 1.82) is 0 Å². The van der Waals surface area contributed by atoms with Crippen LogP contribution in [-0.4, -0.2) is 43.8 Å². The molecule has 0 aliphatic heterocycles. The number of nitrogens with one attached hydrogen (secondary N) is 1. The van der Waals surface area contributed by atoms with Gasteiger partial charge in [0.2, 0.25) is 11.8 Å². The van der Waals surface area contributed by atoms with E-state index in [2.05, 4.69) is 5.32 Å². The highest BCUT2D eigenvalue weighted by atomic mass is 35.5. The van der Waals surface area contributed by atoms with Crippen LogP contribution in [0.1, 0.15) is 44.7 Å². The molecule has 7 nitrogen and oxygen atoms in total. The minimum atomic E-state index is -4.25. The first-order valence-corrected chi connectivity index (χ1v) is 15.5. The van der Waals surface area contributed by atoms with Gasteiger partial charge >= 0.3 is 0 Å². The molecule has 0 aliphatic carbocycles. The quantitative estimate of drug-likeness (QED) is 0.255. The van der Waals surface area contributed by atoms with Crippen molar-refractivity contribution >= 4 is 50.7 Å². The van der Waals surface area contributed by atoms with Gasteiger partial charge in [0, 0.05) is 12.6 Å². The van der Waals surface area contributed by atoms with Gasteiger partial charge in [-0.1, -0.05) is 66.9 Å². The molecule has 2 unspecified atom stereocenters. The van der Waals surface area contributed by atoms with Crippen molar-refractivity contribution in [2.45, 2.75) is 64.1 Å². The van der Waals surface area contributed by atoms with Crippen molar-refractivity contribution in [2.24, 2.45) is 0 Å². The van der Waals surface area contributed by atoms with Gasteiger partial charge in [0.15, 0.2) is 0 Å². The highest BCUT2D eigenvalue weighted by Crippen LogP contribution is 2.31. The second-order valence-electron chi connectivity index (χ2n) is 9.81. The first-order valence-electron chi connectivity index (χ1n) is 13.3. The average molecular weight is 623 g/mol. The fourth-order valence-electron chi connectivity index (χ4n) is 4.15. The number of sulfonamides is 1. The number of carbonyl (C=O) groups is 2. The Morgan fingerprint density at radius 3 is 2.12 bits per heavy atom. The summed E-state index contributed by atoms with van der Waals surface area (Å²) in [5.74, 6) is -1.43. The Bertz CT molecular complexity index is 1470. The highest BCUT2D eigenvalue weighted by Gasteiger charge is 2.34. The number of aryl methyl sites for hydroxylation is 1. The zero-order chi connectivity index (χ0) is 30.3. The third-order valence-corrected chi connectivity index (χ3v) is 9.26. The Hall–Kier alpha value is -3.14. The molecule has 41 heavy (non-hydrogen) atoms. The zero-order valence-electron chi connectivity index (χ0n) is 23.4. The summed E-state index contributed by atoms with van der Waals surface area (Å²) in [6.07, 6.45) is 0.959. The third kappa shape index (κ3) is 8.21. The fourth-order valence-corrected chi connectivity index (χ4v) is 5.85. The topological polar surface area (TPSA) is 86.8 Å². The maximum absolute atomic E-state index is 14.0. The molecule has 0 heterocycles. The standard InChI is InChI=1S/C30H34Cl2FN3O4S/c1-5-21(4)34-30(38)28(6-2)35(18-22-9-11-23(33)12-10-22)29(37)19-36(24-13-16-26(31)27(32)17-24)41(39,40)25-14-7-20(3)8-15-25/h7-17,21,28H,5-6,18-19H2,1-4H3,(H,34,38). The smallest absolute Gasteiger partial charge is 0.264 e. The van der Waals surface area contributed by atoms with Gasteiger partial charge in [-0.15, -0.1) is 0 Å². The summed E-state index contributed by atoms with van der Waals surface area (Å²) in [5.41, 5.74) is 1.58. The van der Waals surface area contributed by atoms with Gasteiger partial charge in [-0.05, 0) is 74.7 Å². The van der Waals surface area contributed by atoms with Crippen LogP contribution in [0.25, 0.3) is 0 Å². The van der Waals surface area contributed by atoms with Crippen LogP contribution in [0.3, 0.4) is 0 Å². The fraction of sp³-hybridized carbons (Fsp3) is 0.333. The SMILES string of the molecule is CCC(C)NC(=O)C(CC)N(Cc1ccc(F)cc1)C(=O)CN(c1ccc(Cl)c(Cl)c1)S(=O)(=O)c1ccc(C)cc1. The van der Waals surface area contributed by atoms with Crippen LogP contribution < -0.4 is 9.62 Å². The van der Waals surface area contributed by atoms with Gasteiger partial charge < -0.3 is 10.2 Å². The highest BCUT2D eigenvalue weighted by molar-refractivity contribution is 7.92. The molecule has 0 spiro atoms. The Morgan fingerprint density at radius 2 is 1.56 bits per heavy atom. The van der Waals surface area contributed by atoms with Crippen LogP contribution in [0, 0.1) is 12.7 Å². The number of carbonyl (C=O) groups excluding carboxylic acids is 2. The van der Waals surface area contributed by atoms with E-state index in [1.54, 1.807) is 19.1 Å². The average Bonchev–Trinajstić information content (AvgIpc) is 2.94. The maximum atomic E-state index is 14.0. The van der Waals surface area contributed by atoms with E-state index >= 15 is 0 Å². The lowest BCUT2D eigenvalue weighted by Crippen LogP contribution is -2.53. The van der Waals surface area contributed by atoms with Crippen LogP contribution in [0.5, 0.6) is 0 Å². The third-order valence-electron chi connectivity index (χ3n) is 6.73. The molecule has 3 rings (SSSR count). The normalized spacial score (nSPS) is 12.9. The molecule has 1 N–H and O–H groups in total. The van der Waals surface area contributed by atoms with Gasteiger partial charge in [-0.25, -0.2) is 12.8 Å². The van der Waals surface area contributed by atoms with Crippen LogP contribution in [0.15, 0.2) is 71.6 Å². The van der Waals surface area contributed by atoms with Gasteiger partial charge in [-0.3, -0.25) is 13.9 Å². The number of hydrogen-bond donors (Lipinski definition) is 1. The molecule has 0 radical (unpaired) electrons. The zero-order valence-corrected chi connectivity index (χ0v) is 25.7. The summed E-state index contributed by atoms with van der Waals surface area (Å²) in [4.78, 5) is 28.7. The largest absolute Gasteiger partial charge is 0.352 e. The number of amides is 2. The van der Waals surface area contributed by atoms with E-state index in [9.17, 15) is 22.4 Å². The minimum absolute atomic E-state index is 0.0198. The molecule has 220 valence electrons. The molecule has 3 aromatic rings. The van der Waals surface area contributed by atoms with E-state index in [1.807, 2.05) is 20.8 Å². The lowest BCUT2D eigenvalue weighted by atomic mass is 10.1. The summed E-state index contributed by atoms with van der Waals surface area (Å²) in [7, 11) is -4.25. The summed E-state index contributed by atoms with van der Waals surface area (Å²) in [6, 6.07) is 15.1. The molecule has 0 saturated carbocycles. The first kappa shape index (κ1) is 32.4. The van der Waals surface area contributed by atoms with Crippen LogP contribution in [0.4, 0.5) is 10.1 Å². The predicted molar refractivity (Wildman–Crippen MR) is 161 cm³/mol. The number of nitrogens with zero attached hydrogens (tertiary/aromatic N) is 2. The van der Waals surface area contributed by atoms with E-state index in [0.29, 0.717) is 12.0 Å². The maximum Gasteiger partial charge on any atom is 0.264 e. The number of hydrogen-bond acceptors (Lipinski definition) is 4. The van der Waals surface area contributed by atoms with Crippen LogP contribution >= 0.6 is 23.2 Å². The Labute approximate surface area is 251 Å². The van der Waals surface area contributed by atoms with Crippen molar-refractivity contribution in [3.8, 4) is 0 Å². The van der Waals surface area contributed by atoms with Crippen molar-refractivity contribution in [2.75, 3.05) is 10.8 Å². The second-order valence-corrected chi connectivity index (χ2v) is 12.5. The van der Waals surface area contributed by atoms with Gasteiger partial charge in [-0.2, -0.15) is 0 Å². The lowest BCUT2D eigenvalue weighted by molar-refractivity contribution is -0.140. The molecule has 0 bridgehead atoms. The Morgan fingerprint density at radius 1 is 0.927 bits per heavy atom. The van der Waals surface area contributed by atoms with E-state index in [1.165, 1.54) is 59.5 Å². The van der Waals surface area contributed by atoms with E-state index in [-0.39, 0.29) is 45.5 Å². The summed E-state index contributed by atoms with van der Waals surface area (Å²) in [6.45, 7) is 6.73. The summed E-state index contributed by atoms with van der Waals surface area (Å²) < 4.78 is 42.4. The van der Waals surface area contributed by atoms with E-state index < -0.39 is 34.3 Å². The lowest BCUT2D eigenvalue weighted by Gasteiger charge is -2.33. The molecule has 3 aromatic carbocycles. The summed E-state index contributed by atoms with van der Waals surface area (Å²) >= 11 is 12.3. The monoisotopic (exact) mass is 621 g/mol. The number of halogens is 3. The molecule has 11 heteroatoms. The van der Waals surface area contributed by atoms with Gasteiger partial charge in [0.05, 0.1) is 20.6 Å². The van der Waals surface area contributed by atoms with Crippen molar-refractivity contribution in [3.63, 3.8) is 0 Å². The molecule has 2 atom stereocenters. The van der Waals surface area contributed by atoms with Gasteiger partial charge in [0.1, 0.15) is 18.4 Å². The molecule has 0 aliphatic rings. The van der Waals surface area contributed by atoms with Gasteiger partial charge in [0.25, 0.3) is 10.0 Å². The Balaban J connectivity index is 2.08. The number of anilines is 1. The van der Waals surface area contributed by atoms with Crippen molar-refractivity contribution in [1.82, 2.24) is 10.2 Å². The number of rotatable bonds is 12. The minimum Gasteiger partial charge on any atom is -0.352 e. The molecular weight excluding hydrogens is 588 g/mol. The summed E-state index contributed by atoms with van der Waals surface area (Å²) in [5, 5.41) is 3.25.